The van der Waals surface area contributed by atoms with Crippen molar-refractivity contribution in [2.24, 2.45) is 0 Å². The second-order valence-electron chi connectivity index (χ2n) is 7.66. The van der Waals surface area contributed by atoms with E-state index in [0.717, 1.165) is 15.6 Å². The van der Waals surface area contributed by atoms with E-state index in [1.807, 2.05) is 61.5 Å². The molecule has 180 valence electrons. The van der Waals surface area contributed by atoms with Gasteiger partial charge in [-0.2, -0.15) is 4.72 Å². The van der Waals surface area contributed by atoms with Gasteiger partial charge in [-0.15, -0.1) is 0 Å². The average Bonchev–Trinajstić information content (AvgIpc) is 2.84. The van der Waals surface area contributed by atoms with Crippen molar-refractivity contribution in [1.29, 1.82) is 0 Å². The van der Waals surface area contributed by atoms with Gasteiger partial charge in [-0.25, -0.2) is 8.42 Å². The third kappa shape index (κ3) is 6.59. The highest BCUT2D eigenvalue weighted by Crippen LogP contribution is 2.29. The van der Waals surface area contributed by atoms with Crippen LogP contribution in [0, 0.1) is 0 Å². The van der Waals surface area contributed by atoms with Crippen LogP contribution in [0.4, 0.5) is 0 Å². The van der Waals surface area contributed by atoms with Gasteiger partial charge in [0.25, 0.3) is 0 Å². The maximum atomic E-state index is 13.2. The third-order valence-electron chi connectivity index (χ3n) is 5.29. The van der Waals surface area contributed by atoms with Crippen LogP contribution in [-0.2, 0) is 21.2 Å². The zero-order valence-electron chi connectivity index (χ0n) is 19.1. The number of benzene rings is 3. The molecule has 0 aliphatic heterocycles. The van der Waals surface area contributed by atoms with Crippen LogP contribution in [-0.4, -0.2) is 34.6 Å². The summed E-state index contributed by atoms with van der Waals surface area (Å²) in [4.78, 5) is 13.2. The van der Waals surface area contributed by atoms with Gasteiger partial charge in [0.05, 0.1) is 25.2 Å². The molecule has 0 aromatic heterocycles. The summed E-state index contributed by atoms with van der Waals surface area (Å²) < 4.78 is 40.3. The number of nitrogens with one attached hydrogen (secondary N) is 2. The minimum absolute atomic E-state index is 0.0306. The predicted octanol–water partition coefficient (Wildman–Crippen LogP) is 4.23. The molecule has 3 aromatic carbocycles. The van der Waals surface area contributed by atoms with Gasteiger partial charge in [-0.3, -0.25) is 4.79 Å². The van der Waals surface area contributed by atoms with Crippen LogP contribution >= 0.6 is 15.9 Å². The Balaban J connectivity index is 1.86. The zero-order chi connectivity index (χ0) is 24.7. The normalized spacial score (nSPS) is 13.1. The average molecular weight is 547 g/mol. The van der Waals surface area contributed by atoms with E-state index in [1.54, 1.807) is 0 Å². The first-order valence-corrected chi connectivity index (χ1v) is 12.8. The van der Waals surface area contributed by atoms with Gasteiger partial charge in [0, 0.05) is 10.5 Å². The summed E-state index contributed by atoms with van der Waals surface area (Å²) in [6.45, 7) is 1.85. The molecule has 0 heterocycles. The maximum absolute atomic E-state index is 13.2. The van der Waals surface area contributed by atoms with E-state index >= 15 is 0 Å². The fourth-order valence-electron chi connectivity index (χ4n) is 3.43. The van der Waals surface area contributed by atoms with Crippen molar-refractivity contribution in [2.75, 3.05) is 14.2 Å². The molecular formula is C25H27BrN2O5S. The van der Waals surface area contributed by atoms with Crippen molar-refractivity contribution in [3.63, 3.8) is 0 Å². The standard InChI is InChI=1S/C25H27BrN2O5S/c1-17(19-9-11-20(26)12-10-19)27-25(29)22(15-18-7-5-4-6-8-18)28-34(30,31)21-13-14-23(32-2)24(16-21)33-3/h4-14,16-17,22,28H,15H2,1-3H3,(H,27,29)/t17-,22-/m0/s1. The minimum atomic E-state index is -4.04. The van der Waals surface area contributed by atoms with E-state index in [4.69, 9.17) is 9.47 Å². The fourth-order valence-corrected chi connectivity index (χ4v) is 4.90. The van der Waals surface area contributed by atoms with Crippen LogP contribution in [0.15, 0.2) is 82.2 Å². The quantitative estimate of drug-likeness (QED) is 0.396. The summed E-state index contributed by atoms with van der Waals surface area (Å²) in [6.07, 6.45) is 0.187. The lowest BCUT2D eigenvalue weighted by molar-refractivity contribution is -0.123. The highest BCUT2D eigenvalue weighted by Gasteiger charge is 2.28. The van der Waals surface area contributed by atoms with E-state index in [2.05, 4.69) is 26.0 Å². The van der Waals surface area contributed by atoms with E-state index in [-0.39, 0.29) is 23.1 Å². The molecule has 2 N–H and O–H groups in total. The van der Waals surface area contributed by atoms with E-state index < -0.39 is 22.0 Å². The Bertz CT molecular complexity index is 1220. The Morgan fingerprint density at radius 1 is 0.941 bits per heavy atom. The number of carbonyl (C=O) groups is 1. The number of hydrogen-bond acceptors (Lipinski definition) is 5. The Morgan fingerprint density at radius 3 is 2.21 bits per heavy atom. The number of sulfonamides is 1. The largest absolute Gasteiger partial charge is 0.493 e. The molecular weight excluding hydrogens is 520 g/mol. The molecule has 1 amide bonds. The van der Waals surface area contributed by atoms with Crippen molar-refractivity contribution in [2.45, 2.75) is 30.3 Å². The molecule has 0 fully saturated rings. The van der Waals surface area contributed by atoms with Crippen LogP contribution in [0.1, 0.15) is 24.1 Å². The summed E-state index contributed by atoms with van der Waals surface area (Å²) in [5, 5.41) is 2.92. The SMILES string of the molecule is COc1ccc(S(=O)(=O)N[C@@H](Cc2ccccc2)C(=O)N[C@@H](C)c2ccc(Br)cc2)cc1OC. The molecule has 0 saturated heterocycles. The van der Waals surface area contributed by atoms with Gasteiger partial charge in [0.2, 0.25) is 15.9 Å². The van der Waals surface area contributed by atoms with Crippen LogP contribution in [0.3, 0.4) is 0 Å². The van der Waals surface area contributed by atoms with Crippen molar-refractivity contribution in [1.82, 2.24) is 10.0 Å². The van der Waals surface area contributed by atoms with Crippen LogP contribution < -0.4 is 19.5 Å². The summed E-state index contributed by atoms with van der Waals surface area (Å²) in [7, 11) is -1.14. The second-order valence-corrected chi connectivity index (χ2v) is 10.3. The van der Waals surface area contributed by atoms with Crippen LogP contribution in [0.5, 0.6) is 11.5 Å². The molecule has 3 aromatic rings. The monoisotopic (exact) mass is 546 g/mol. The van der Waals surface area contributed by atoms with Gasteiger partial charge < -0.3 is 14.8 Å². The number of carbonyl (C=O) groups excluding carboxylic acids is 1. The molecule has 2 atom stereocenters. The van der Waals surface area contributed by atoms with Crippen LogP contribution in [0.2, 0.25) is 0 Å². The lowest BCUT2D eigenvalue weighted by Crippen LogP contribution is -2.48. The molecule has 34 heavy (non-hydrogen) atoms. The molecule has 0 bridgehead atoms. The first kappa shape index (κ1) is 25.7. The lowest BCUT2D eigenvalue weighted by atomic mass is 10.0. The number of methoxy groups -OCH3 is 2. The Labute approximate surface area is 208 Å². The zero-order valence-corrected chi connectivity index (χ0v) is 21.5. The van der Waals surface area contributed by atoms with E-state index in [1.165, 1.54) is 32.4 Å². The molecule has 0 aliphatic rings. The molecule has 9 heteroatoms. The molecule has 0 aliphatic carbocycles. The molecule has 0 saturated carbocycles. The van der Waals surface area contributed by atoms with Gasteiger partial charge in [-0.05, 0) is 48.7 Å². The number of amides is 1. The lowest BCUT2D eigenvalue weighted by Gasteiger charge is -2.22. The van der Waals surface area contributed by atoms with Crippen molar-refractivity contribution in [3.8, 4) is 11.5 Å². The Kier molecular flexibility index (Phi) is 8.71. The van der Waals surface area contributed by atoms with Gasteiger partial charge in [0.15, 0.2) is 11.5 Å². The summed E-state index contributed by atoms with van der Waals surface area (Å²) in [6, 6.07) is 19.8. The Morgan fingerprint density at radius 2 is 1.59 bits per heavy atom. The highest BCUT2D eigenvalue weighted by atomic mass is 79.9. The van der Waals surface area contributed by atoms with Crippen LogP contribution in [0.25, 0.3) is 0 Å². The van der Waals surface area contributed by atoms with Gasteiger partial charge in [0.1, 0.15) is 6.04 Å². The first-order valence-electron chi connectivity index (χ1n) is 10.6. The number of ether oxygens (including phenoxy) is 2. The van der Waals surface area contributed by atoms with Crippen molar-refractivity contribution < 1.29 is 22.7 Å². The molecule has 0 radical (unpaired) electrons. The van der Waals surface area contributed by atoms with Crippen molar-refractivity contribution in [3.05, 3.63) is 88.4 Å². The number of halogens is 1. The molecule has 7 nitrogen and oxygen atoms in total. The second kappa shape index (κ2) is 11.5. The van der Waals surface area contributed by atoms with E-state index in [9.17, 15) is 13.2 Å². The van der Waals surface area contributed by atoms with Gasteiger partial charge in [-0.1, -0.05) is 58.4 Å². The Hall–Kier alpha value is -2.88. The summed E-state index contributed by atoms with van der Waals surface area (Å²) >= 11 is 3.40. The molecule has 3 rings (SSSR count). The first-order chi connectivity index (χ1) is 16.2. The maximum Gasteiger partial charge on any atom is 0.241 e. The topological polar surface area (TPSA) is 93.7 Å². The molecule has 0 spiro atoms. The van der Waals surface area contributed by atoms with Gasteiger partial charge >= 0.3 is 0 Å². The fraction of sp³-hybridized carbons (Fsp3) is 0.240. The highest BCUT2D eigenvalue weighted by molar-refractivity contribution is 9.10. The number of rotatable bonds is 10. The predicted molar refractivity (Wildman–Crippen MR) is 135 cm³/mol. The van der Waals surface area contributed by atoms with E-state index in [0.29, 0.717) is 5.75 Å². The summed E-state index contributed by atoms with van der Waals surface area (Å²) in [5.74, 6) is 0.255. The van der Waals surface area contributed by atoms with Crippen molar-refractivity contribution >= 4 is 31.9 Å². The third-order valence-corrected chi connectivity index (χ3v) is 7.29. The molecule has 0 unspecified atom stereocenters. The summed E-state index contributed by atoms with van der Waals surface area (Å²) in [5.41, 5.74) is 1.73. The smallest absolute Gasteiger partial charge is 0.241 e. The minimum Gasteiger partial charge on any atom is -0.493 e. The number of hydrogen-bond donors (Lipinski definition) is 2.